The fraction of sp³-hybridized carbons (Fsp3) is 0.515. The van der Waals surface area contributed by atoms with E-state index in [2.05, 4.69) is 85.9 Å². The molecule has 212 valence electrons. The normalized spacial score (nSPS) is 16.7. The molecular weight excluding hydrogens is 532 g/mol. The van der Waals surface area contributed by atoms with Gasteiger partial charge in [0.05, 0.1) is 0 Å². The molecular formula is C33H50O3PSi2+. The molecule has 39 heavy (non-hydrogen) atoms. The second-order valence-corrected chi connectivity index (χ2v) is 25.1. The van der Waals surface area contributed by atoms with Crippen LogP contribution in [0.2, 0.25) is 36.3 Å². The summed E-state index contributed by atoms with van der Waals surface area (Å²) < 4.78 is 26.8. The molecule has 1 unspecified atom stereocenters. The van der Waals surface area contributed by atoms with Crippen LogP contribution in [-0.4, -0.2) is 16.6 Å². The Labute approximate surface area is 241 Å². The molecule has 0 aromatic heterocycles. The maximum absolute atomic E-state index is 12.9. The van der Waals surface area contributed by atoms with Crippen LogP contribution in [0.3, 0.4) is 0 Å². The molecule has 2 aromatic rings. The standard InChI is InChI=1S/C33H50O3PSi2/c1-32(2,3)38(7,8)35-31(36-39(9,10)33(4,5)6)28-16-14-15-27(25-28)20-19-26-21-23-30(24-22-26)37(34)29-17-12-11-13-18-29/h11-13,17-18,20-24H,14-16,19,25H2,1-10H3/q+1/b27-20-. The zero-order valence-corrected chi connectivity index (χ0v) is 28.9. The van der Waals surface area contributed by atoms with Crippen LogP contribution in [0.25, 0.3) is 0 Å². The first kappa shape index (κ1) is 31.6. The second-order valence-electron chi connectivity index (χ2n) is 14.0. The van der Waals surface area contributed by atoms with E-state index in [0.717, 1.165) is 48.7 Å². The number of hydrogen-bond donors (Lipinski definition) is 0. The van der Waals surface area contributed by atoms with Crippen molar-refractivity contribution in [1.29, 1.82) is 0 Å². The number of rotatable bonds is 8. The van der Waals surface area contributed by atoms with Gasteiger partial charge in [-0.2, -0.15) is 0 Å². The van der Waals surface area contributed by atoms with Crippen molar-refractivity contribution in [3.8, 4) is 0 Å². The molecule has 1 aliphatic carbocycles. The third-order valence-corrected chi connectivity index (χ3v) is 19.0. The Bertz CT molecular complexity index is 1170. The van der Waals surface area contributed by atoms with Gasteiger partial charge in [-0.1, -0.05) is 88.1 Å². The number of allylic oxidation sites excluding steroid dienone is 3. The lowest BCUT2D eigenvalue weighted by Gasteiger charge is -2.42. The van der Waals surface area contributed by atoms with Crippen molar-refractivity contribution in [3.63, 3.8) is 0 Å². The lowest BCUT2D eigenvalue weighted by atomic mass is 9.89. The Kier molecular flexibility index (Phi) is 9.95. The predicted octanol–water partition coefficient (Wildman–Crippen LogP) is 9.76. The zero-order valence-electron chi connectivity index (χ0n) is 26.0. The highest BCUT2D eigenvalue weighted by molar-refractivity contribution is 7.61. The van der Waals surface area contributed by atoms with Crippen LogP contribution in [0.5, 0.6) is 0 Å². The summed E-state index contributed by atoms with van der Waals surface area (Å²) >= 11 is 0. The van der Waals surface area contributed by atoms with Crippen LogP contribution in [0.4, 0.5) is 0 Å². The van der Waals surface area contributed by atoms with E-state index in [1.54, 1.807) is 0 Å². The highest BCUT2D eigenvalue weighted by atomic mass is 31.1. The van der Waals surface area contributed by atoms with E-state index in [0.29, 0.717) is 0 Å². The van der Waals surface area contributed by atoms with Crippen molar-refractivity contribution in [2.45, 2.75) is 110 Å². The van der Waals surface area contributed by atoms with Crippen molar-refractivity contribution < 1.29 is 13.4 Å². The van der Waals surface area contributed by atoms with Crippen LogP contribution in [0, 0.1) is 0 Å². The van der Waals surface area contributed by atoms with Crippen molar-refractivity contribution in [2.24, 2.45) is 0 Å². The second kappa shape index (κ2) is 12.3. The smallest absolute Gasteiger partial charge is 0.415 e. The van der Waals surface area contributed by atoms with Gasteiger partial charge in [0.25, 0.3) is 22.6 Å². The van der Waals surface area contributed by atoms with Crippen molar-refractivity contribution in [1.82, 2.24) is 0 Å². The van der Waals surface area contributed by atoms with E-state index < -0.39 is 24.4 Å². The Morgan fingerprint density at radius 2 is 1.31 bits per heavy atom. The van der Waals surface area contributed by atoms with Crippen LogP contribution in [0.15, 0.2) is 77.8 Å². The van der Waals surface area contributed by atoms with Gasteiger partial charge in [-0.25, -0.2) is 0 Å². The molecule has 1 aliphatic rings. The average molecular weight is 582 g/mol. The van der Waals surface area contributed by atoms with Crippen molar-refractivity contribution in [2.75, 3.05) is 0 Å². The van der Waals surface area contributed by atoms with Crippen LogP contribution >= 0.6 is 7.80 Å². The highest BCUT2D eigenvalue weighted by Crippen LogP contribution is 2.44. The van der Waals surface area contributed by atoms with Gasteiger partial charge in [-0.05, 0) is 98.2 Å². The summed E-state index contributed by atoms with van der Waals surface area (Å²) in [5, 5.41) is 1.98. The summed E-state index contributed by atoms with van der Waals surface area (Å²) in [6.07, 6.45) is 7.49. The van der Waals surface area contributed by atoms with E-state index in [-0.39, 0.29) is 10.1 Å². The lowest BCUT2D eigenvalue weighted by molar-refractivity contribution is 0.187. The third-order valence-electron chi connectivity index (χ3n) is 8.80. The Balaban J connectivity index is 1.81. The Morgan fingerprint density at radius 1 is 0.795 bits per heavy atom. The van der Waals surface area contributed by atoms with Crippen molar-refractivity contribution >= 4 is 35.0 Å². The number of benzene rings is 2. The first-order valence-corrected chi connectivity index (χ1v) is 21.5. The van der Waals surface area contributed by atoms with Gasteiger partial charge in [0.1, 0.15) is 0 Å². The topological polar surface area (TPSA) is 35.5 Å². The van der Waals surface area contributed by atoms with Gasteiger partial charge in [0.15, 0.2) is 10.6 Å². The molecule has 0 bridgehead atoms. The molecule has 0 saturated heterocycles. The van der Waals surface area contributed by atoms with Gasteiger partial charge in [-0.3, -0.25) is 0 Å². The van der Waals surface area contributed by atoms with Gasteiger partial charge in [0, 0.05) is 5.57 Å². The molecule has 0 spiro atoms. The van der Waals surface area contributed by atoms with E-state index in [1.807, 2.05) is 42.5 Å². The third kappa shape index (κ3) is 8.28. The minimum atomic E-state index is -2.05. The first-order chi connectivity index (χ1) is 18.0. The Hall–Kier alpha value is -1.95. The summed E-state index contributed by atoms with van der Waals surface area (Å²) in [7, 11) is -5.65. The molecule has 0 N–H and O–H groups in total. The average Bonchev–Trinajstić information content (AvgIpc) is 2.86. The van der Waals surface area contributed by atoms with Crippen LogP contribution in [0.1, 0.15) is 72.8 Å². The Morgan fingerprint density at radius 3 is 1.82 bits per heavy atom. The number of hydrogen-bond acceptors (Lipinski definition) is 3. The maximum atomic E-state index is 12.9. The molecule has 0 aliphatic heterocycles. The fourth-order valence-electron chi connectivity index (χ4n) is 4.01. The molecule has 0 heterocycles. The molecule has 6 heteroatoms. The molecule has 1 fully saturated rings. The molecule has 1 saturated carbocycles. The molecule has 3 nitrogen and oxygen atoms in total. The summed E-state index contributed by atoms with van der Waals surface area (Å²) in [6, 6.07) is 18.0. The highest BCUT2D eigenvalue weighted by Gasteiger charge is 2.44. The van der Waals surface area contributed by atoms with E-state index >= 15 is 0 Å². The molecule has 0 amide bonds. The quantitative estimate of drug-likeness (QED) is 0.135. The molecule has 2 aromatic carbocycles. The zero-order chi connectivity index (χ0) is 29.1. The van der Waals surface area contributed by atoms with Crippen molar-refractivity contribution in [3.05, 3.63) is 83.3 Å². The molecule has 1 atom stereocenters. The van der Waals surface area contributed by atoms with Gasteiger partial charge in [0.2, 0.25) is 0 Å². The van der Waals surface area contributed by atoms with Crippen LogP contribution in [-0.2, 0) is 19.8 Å². The minimum Gasteiger partial charge on any atom is -0.520 e. The summed E-state index contributed by atoms with van der Waals surface area (Å²) in [5.41, 5.74) is 4.04. The SMILES string of the molecule is CC(C)(C)[Si](C)(C)OC(O[Si](C)(C)C(C)(C)C)=C1CCC/C(=C/Cc2ccc([P+](=O)c3ccccc3)cc2)C1. The monoisotopic (exact) mass is 581 g/mol. The summed E-state index contributed by atoms with van der Waals surface area (Å²) in [4.78, 5) is 0. The molecule has 3 rings (SSSR count). The maximum Gasteiger partial charge on any atom is 0.415 e. The van der Waals surface area contributed by atoms with Gasteiger partial charge >= 0.3 is 7.80 Å². The van der Waals surface area contributed by atoms with E-state index in [1.165, 1.54) is 16.7 Å². The lowest BCUT2D eigenvalue weighted by Crippen LogP contribution is -2.45. The molecule has 0 radical (unpaired) electrons. The summed E-state index contributed by atoms with van der Waals surface area (Å²) in [6.45, 7) is 23.0. The predicted molar refractivity (Wildman–Crippen MR) is 174 cm³/mol. The van der Waals surface area contributed by atoms with Gasteiger partial charge < -0.3 is 8.85 Å². The first-order valence-electron chi connectivity index (χ1n) is 14.4. The van der Waals surface area contributed by atoms with Crippen LogP contribution < -0.4 is 10.6 Å². The van der Waals surface area contributed by atoms with E-state index in [4.69, 9.17) is 8.85 Å². The van der Waals surface area contributed by atoms with Gasteiger partial charge in [-0.15, -0.1) is 0 Å². The summed E-state index contributed by atoms with van der Waals surface area (Å²) in [5.74, 6) is 0.841. The largest absolute Gasteiger partial charge is 0.520 e. The van der Waals surface area contributed by atoms with E-state index in [9.17, 15) is 4.57 Å². The fourth-order valence-corrected chi connectivity index (χ4v) is 7.16. The minimum absolute atomic E-state index is 0.111.